The first-order chi connectivity index (χ1) is 15.7. The van der Waals surface area contributed by atoms with Gasteiger partial charge >= 0.3 is 0 Å². The Morgan fingerprint density at radius 3 is 2.41 bits per heavy atom. The molecule has 1 aliphatic heterocycles. The number of hydrogen-bond donors (Lipinski definition) is 3. The van der Waals surface area contributed by atoms with Crippen molar-refractivity contribution in [2.75, 3.05) is 0 Å². The van der Waals surface area contributed by atoms with Gasteiger partial charge in [0, 0.05) is 16.7 Å². The van der Waals surface area contributed by atoms with Gasteiger partial charge in [-0.1, -0.05) is 58.9 Å². The predicted octanol–water partition coefficient (Wildman–Crippen LogP) is 5.61. The van der Waals surface area contributed by atoms with Crippen molar-refractivity contribution in [3.63, 3.8) is 0 Å². The zero-order valence-corrected chi connectivity index (χ0v) is 22.5. The van der Waals surface area contributed by atoms with Crippen molar-refractivity contribution in [3.05, 3.63) is 24.3 Å². The maximum Gasteiger partial charge on any atom is 0.162 e. The average molecular weight is 473 g/mol. The molecule has 0 radical (unpaired) electrons. The second-order valence-corrected chi connectivity index (χ2v) is 14.3. The van der Waals surface area contributed by atoms with Gasteiger partial charge in [0.2, 0.25) is 0 Å². The lowest BCUT2D eigenvalue weighted by Gasteiger charge is -2.65. The number of hydrogen-bond acceptors (Lipinski definition) is 4. The predicted molar refractivity (Wildman–Crippen MR) is 135 cm³/mol. The van der Waals surface area contributed by atoms with Gasteiger partial charge in [-0.15, -0.1) is 0 Å². The molecular formula is C30H48O4. The second-order valence-electron chi connectivity index (χ2n) is 14.3. The number of fused-ring (bicyclic) bond motifs is 2. The fourth-order valence-electron chi connectivity index (χ4n) is 9.98. The monoisotopic (exact) mass is 472 g/mol. The third kappa shape index (κ3) is 2.92. The van der Waals surface area contributed by atoms with Crippen molar-refractivity contribution >= 4 is 0 Å². The Morgan fingerprint density at radius 2 is 1.74 bits per heavy atom. The van der Waals surface area contributed by atoms with Gasteiger partial charge < -0.3 is 20.1 Å². The molecule has 0 aromatic rings. The molecule has 34 heavy (non-hydrogen) atoms. The summed E-state index contributed by atoms with van der Waals surface area (Å²) in [5, 5.41) is 32.6. The van der Waals surface area contributed by atoms with Gasteiger partial charge in [0.1, 0.15) is 5.60 Å². The van der Waals surface area contributed by atoms with E-state index in [1.54, 1.807) is 0 Å². The molecule has 10 atom stereocenters. The van der Waals surface area contributed by atoms with Gasteiger partial charge in [0.15, 0.2) is 6.29 Å². The highest BCUT2D eigenvalue weighted by Crippen LogP contribution is 2.78. The third-order valence-corrected chi connectivity index (χ3v) is 12.2. The third-order valence-electron chi connectivity index (χ3n) is 12.2. The standard InChI is InChI=1S/C30H48O4/c1-19(9-8-14-25(2,3)33)20-12-15-28(7)21-13-16-30-22(10-11-23(31)26(30,4)5)29(21,24(32)34-30)18-17-27(20,28)6/h8,13-14,16,19-24,31-33H,9-12,15,17-18H2,1-7H3/b14-8+/t19-,20-,21+,22+,23+,24+,27-,28+,29+,30+/m1/s1. The number of rotatable bonds is 4. The van der Waals surface area contributed by atoms with E-state index in [1.165, 1.54) is 12.8 Å². The van der Waals surface area contributed by atoms with Crippen LogP contribution in [0.4, 0.5) is 0 Å². The lowest BCUT2D eigenvalue weighted by molar-refractivity contribution is -0.213. The Balaban J connectivity index is 1.50. The van der Waals surface area contributed by atoms with Crippen LogP contribution in [0.25, 0.3) is 0 Å². The fourth-order valence-corrected chi connectivity index (χ4v) is 9.98. The van der Waals surface area contributed by atoms with Crippen LogP contribution >= 0.6 is 0 Å². The lowest BCUT2D eigenvalue weighted by atomic mass is 9.38. The van der Waals surface area contributed by atoms with Crippen molar-refractivity contribution in [3.8, 4) is 0 Å². The zero-order valence-electron chi connectivity index (χ0n) is 22.5. The van der Waals surface area contributed by atoms with Gasteiger partial charge in [-0.3, -0.25) is 0 Å². The molecule has 3 saturated carbocycles. The molecule has 0 amide bonds. The van der Waals surface area contributed by atoms with E-state index in [0.29, 0.717) is 17.8 Å². The van der Waals surface area contributed by atoms with E-state index in [0.717, 1.165) is 32.1 Å². The number of ether oxygens (including phenoxy) is 1. The van der Waals surface area contributed by atoms with E-state index in [9.17, 15) is 15.3 Å². The highest BCUT2D eigenvalue weighted by Gasteiger charge is 2.78. The van der Waals surface area contributed by atoms with Crippen LogP contribution in [0.5, 0.6) is 0 Å². The van der Waals surface area contributed by atoms with E-state index < -0.39 is 29.0 Å². The van der Waals surface area contributed by atoms with Crippen LogP contribution in [0.1, 0.15) is 93.4 Å². The summed E-state index contributed by atoms with van der Waals surface area (Å²) in [5.74, 6) is 1.74. The highest BCUT2D eigenvalue weighted by molar-refractivity contribution is 5.34. The van der Waals surface area contributed by atoms with E-state index in [1.807, 2.05) is 19.9 Å². The Kier molecular flexibility index (Phi) is 5.46. The first-order valence-electron chi connectivity index (χ1n) is 13.8. The molecule has 4 nitrogen and oxygen atoms in total. The normalized spacial score (nSPS) is 52.4. The molecule has 3 N–H and O–H groups in total. The molecule has 0 unspecified atom stereocenters. The summed E-state index contributed by atoms with van der Waals surface area (Å²) in [5.41, 5.74) is -1.67. The summed E-state index contributed by atoms with van der Waals surface area (Å²) >= 11 is 0. The van der Waals surface area contributed by atoms with E-state index in [4.69, 9.17) is 4.74 Å². The first kappa shape index (κ1) is 25.0. The minimum atomic E-state index is -0.769. The summed E-state index contributed by atoms with van der Waals surface area (Å²) in [6.45, 7) is 15.3. The van der Waals surface area contributed by atoms with Crippen LogP contribution < -0.4 is 0 Å². The topological polar surface area (TPSA) is 69.9 Å². The molecule has 0 aromatic heterocycles. The number of aliphatic hydroxyl groups is 3. The molecule has 0 aromatic carbocycles. The Bertz CT molecular complexity index is 885. The van der Waals surface area contributed by atoms with Crippen molar-refractivity contribution in [2.45, 2.75) is 117 Å². The van der Waals surface area contributed by atoms with E-state index >= 15 is 0 Å². The molecular weight excluding hydrogens is 424 g/mol. The largest absolute Gasteiger partial charge is 0.392 e. The van der Waals surface area contributed by atoms with Gasteiger partial charge in [-0.05, 0) is 87.4 Å². The van der Waals surface area contributed by atoms with Crippen LogP contribution in [-0.4, -0.2) is 38.9 Å². The zero-order chi connectivity index (χ0) is 24.9. The molecule has 1 heterocycles. The number of aliphatic hydroxyl groups excluding tert-OH is 2. The van der Waals surface area contributed by atoms with Crippen molar-refractivity contribution in [1.82, 2.24) is 0 Å². The fraction of sp³-hybridized carbons (Fsp3) is 0.867. The molecule has 192 valence electrons. The second kappa shape index (κ2) is 7.43. The molecule has 4 fully saturated rings. The van der Waals surface area contributed by atoms with Crippen LogP contribution in [0.15, 0.2) is 24.3 Å². The van der Waals surface area contributed by atoms with E-state index in [-0.39, 0.29) is 22.2 Å². The van der Waals surface area contributed by atoms with Crippen molar-refractivity contribution in [2.24, 2.45) is 45.3 Å². The SMILES string of the molecule is C[C@H](C/C=C/C(C)(C)O)[C@H]1CC[C@@]2(C)[C@@H]3C=C[C@]45O[C@H](O)[C@]3(CC[C@]12C)[C@@H]4CC[C@H](O)C5(C)C. The van der Waals surface area contributed by atoms with Crippen molar-refractivity contribution in [1.29, 1.82) is 0 Å². The molecule has 4 heteroatoms. The average Bonchev–Trinajstić information content (AvgIpc) is 3.09. The van der Waals surface area contributed by atoms with Crippen LogP contribution in [0.3, 0.4) is 0 Å². The van der Waals surface area contributed by atoms with Gasteiger partial charge in [-0.25, -0.2) is 0 Å². The molecule has 5 aliphatic rings. The van der Waals surface area contributed by atoms with Crippen LogP contribution in [0, 0.1) is 45.3 Å². The maximum atomic E-state index is 11.6. The van der Waals surface area contributed by atoms with Gasteiger partial charge in [0.25, 0.3) is 0 Å². The quantitative estimate of drug-likeness (QED) is 0.465. The summed E-state index contributed by atoms with van der Waals surface area (Å²) in [7, 11) is 0. The minimum absolute atomic E-state index is 0.113. The van der Waals surface area contributed by atoms with E-state index in [2.05, 4.69) is 52.8 Å². The summed E-state index contributed by atoms with van der Waals surface area (Å²) in [6.07, 6.45) is 14.9. The Labute approximate surface area is 206 Å². The Morgan fingerprint density at radius 1 is 1.03 bits per heavy atom. The summed E-state index contributed by atoms with van der Waals surface area (Å²) < 4.78 is 6.58. The van der Waals surface area contributed by atoms with Crippen molar-refractivity contribution < 1.29 is 20.1 Å². The molecule has 4 aliphatic carbocycles. The molecule has 2 bridgehead atoms. The van der Waals surface area contributed by atoms with Crippen LogP contribution in [-0.2, 0) is 4.74 Å². The minimum Gasteiger partial charge on any atom is -0.392 e. The lowest BCUT2D eigenvalue weighted by Crippen LogP contribution is -2.65. The Hall–Kier alpha value is -0.680. The molecule has 5 rings (SSSR count). The first-order valence-corrected chi connectivity index (χ1v) is 13.8. The summed E-state index contributed by atoms with van der Waals surface area (Å²) in [4.78, 5) is 0. The van der Waals surface area contributed by atoms with Gasteiger partial charge in [0.05, 0.1) is 11.7 Å². The number of allylic oxidation sites excluding steroid dienone is 2. The highest BCUT2D eigenvalue weighted by atomic mass is 16.6. The smallest absolute Gasteiger partial charge is 0.162 e. The molecule has 1 spiro atoms. The maximum absolute atomic E-state index is 11.6. The molecule has 1 saturated heterocycles. The van der Waals surface area contributed by atoms with Gasteiger partial charge in [-0.2, -0.15) is 0 Å². The summed E-state index contributed by atoms with van der Waals surface area (Å²) in [6, 6.07) is 0. The van der Waals surface area contributed by atoms with Crippen LogP contribution in [0.2, 0.25) is 0 Å².